The maximum absolute atomic E-state index is 8.63. The topological polar surface area (TPSA) is 35.8 Å². The Bertz CT molecular complexity index is 177. The molecule has 1 N–H and O–H groups in total. The van der Waals surface area contributed by atoms with Gasteiger partial charge in [-0.2, -0.15) is 5.26 Å². The Hall–Kier alpha value is -0.550. The summed E-state index contributed by atoms with van der Waals surface area (Å²) < 4.78 is 0. The first-order valence-corrected chi connectivity index (χ1v) is 5.34. The SMILES string of the molecule is CC(C)C(CC#N)NCC1CCC1. The van der Waals surface area contributed by atoms with Crippen LogP contribution in [0.1, 0.15) is 39.5 Å². The highest BCUT2D eigenvalue weighted by Gasteiger charge is 2.19. The van der Waals surface area contributed by atoms with Crippen molar-refractivity contribution in [3.8, 4) is 6.07 Å². The van der Waals surface area contributed by atoms with Gasteiger partial charge in [-0.3, -0.25) is 0 Å². The normalized spacial score (nSPS) is 19.5. The lowest BCUT2D eigenvalue weighted by Gasteiger charge is -2.29. The lowest BCUT2D eigenvalue weighted by Crippen LogP contribution is -2.38. The molecule has 2 heteroatoms. The maximum atomic E-state index is 8.63. The molecule has 1 saturated carbocycles. The van der Waals surface area contributed by atoms with E-state index < -0.39 is 0 Å². The molecule has 1 aliphatic carbocycles. The van der Waals surface area contributed by atoms with Gasteiger partial charge in [0.15, 0.2) is 0 Å². The molecule has 74 valence electrons. The average Bonchev–Trinajstić information content (AvgIpc) is 1.99. The van der Waals surface area contributed by atoms with Crippen LogP contribution in [0.25, 0.3) is 0 Å². The van der Waals surface area contributed by atoms with Gasteiger partial charge in [-0.25, -0.2) is 0 Å². The highest BCUT2D eigenvalue weighted by atomic mass is 14.9. The van der Waals surface area contributed by atoms with E-state index in [2.05, 4.69) is 25.2 Å². The van der Waals surface area contributed by atoms with E-state index in [0.717, 1.165) is 12.5 Å². The predicted molar refractivity (Wildman–Crippen MR) is 54.2 cm³/mol. The van der Waals surface area contributed by atoms with Gasteiger partial charge in [0.25, 0.3) is 0 Å². The third kappa shape index (κ3) is 3.36. The van der Waals surface area contributed by atoms with E-state index in [-0.39, 0.29) is 0 Å². The van der Waals surface area contributed by atoms with Crippen LogP contribution < -0.4 is 5.32 Å². The molecule has 1 atom stereocenters. The van der Waals surface area contributed by atoms with Crippen LogP contribution in [0, 0.1) is 23.2 Å². The summed E-state index contributed by atoms with van der Waals surface area (Å²) in [5.74, 6) is 1.46. The standard InChI is InChI=1S/C11H20N2/c1-9(2)11(6-7-12)13-8-10-4-3-5-10/h9-11,13H,3-6,8H2,1-2H3. The second-order valence-corrected chi connectivity index (χ2v) is 4.42. The van der Waals surface area contributed by atoms with E-state index in [1.807, 2.05) is 0 Å². The minimum Gasteiger partial charge on any atom is -0.312 e. The van der Waals surface area contributed by atoms with Crippen LogP contribution in [0.4, 0.5) is 0 Å². The molecule has 0 amide bonds. The molecule has 13 heavy (non-hydrogen) atoms. The molecule has 0 aromatic heterocycles. The number of nitrogens with zero attached hydrogens (tertiary/aromatic N) is 1. The fourth-order valence-corrected chi connectivity index (χ4v) is 1.66. The van der Waals surface area contributed by atoms with Crippen LogP contribution in [0.5, 0.6) is 0 Å². The summed E-state index contributed by atoms with van der Waals surface area (Å²) >= 11 is 0. The number of rotatable bonds is 5. The molecule has 0 heterocycles. The van der Waals surface area contributed by atoms with Gasteiger partial charge in [0, 0.05) is 6.04 Å². The Kier molecular flexibility index (Phi) is 4.24. The van der Waals surface area contributed by atoms with Gasteiger partial charge >= 0.3 is 0 Å². The molecule has 0 aromatic rings. The van der Waals surface area contributed by atoms with Crippen LogP contribution in [-0.4, -0.2) is 12.6 Å². The van der Waals surface area contributed by atoms with Crippen molar-refractivity contribution in [2.75, 3.05) is 6.54 Å². The van der Waals surface area contributed by atoms with Crippen molar-refractivity contribution in [1.29, 1.82) is 5.26 Å². The molecular weight excluding hydrogens is 160 g/mol. The highest BCUT2D eigenvalue weighted by molar-refractivity contribution is 4.84. The van der Waals surface area contributed by atoms with Crippen LogP contribution in [0.15, 0.2) is 0 Å². The summed E-state index contributed by atoms with van der Waals surface area (Å²) in [7, 11) is 0. The van der Waals surface area contributed by atoms with Gasteiger partial charge in [0.05, 0.1) is 12.5 Å². The minimum atomic E-state index is 0.394. The number of hydrogen-bond acceptors (Lipinski definition) is 2. The molecule has 1 unspecified atom stereocenters. The first kappa shape index (κ1) is 10.5. The molecule has 0 aliphatic heterocycles. The number of nitriles is 1. The molecule has 1 aliphatic rings. The monoisotopic (exact) mass is 180 g/mol. The maximum Gasteiger partial charge on any atom is 0.0638 e. The van der Waals surface area contributed by atoms with Crippen molar-refractivity contribution in [3.63, 3.8) is 0 Å². The third-order valence-electron chi connectivity index (χ3n) is 3.01. The Labute approximate surface area is 81.3 Å². The Balaban J connectivity index is 2.17. The third-order valence-corrected chi connectivity index (χ3v) is 3.01. The van der Waals surface area contributed by atoms with E-state index in [4.69, 9.17) is 5.26 Å². The Morgan fingerprint density at radius 2 is 2.15 bits per heavy atom. The molecule has 0 radical (unpaired) electrons. The number of nitrogens with one attached hydrogen (secondary N) is 1. The Morgan fingerprint density at radius 3 is 2.54 bits per heavy atom. The summed E-state index contributed by atoms with van der Waals surface area (Å²) in [4.78, 5) is 0. The van der Waals surface area contributed by atoms with Crippen LogP contribution in [-0.2, 0) is 0 Å². The largest absolute Gasteiger partial charge is 0.312 e. The zero-order chi connectivity index (χ0) is 9.68. The lowest BCUT2D eigenvalue weighted by atomic mass is 9.85. The Morgan fingerprint density at radius 1 is 1.46 bits per heavy atom. The van der Waals surface area contributed by atoms with E-state index in [0.29, 0.717) is 18.4 Å². The van der Waals surface area contributed by atoms with Crippen molar-refractivity contribution in [2.45, 2.75) is 45.6 Å². The molecule has 1 rings (SSSR count). The van der Waals surface area contributed by atoms with E-state index in [1.54, 1.807) is 0 Å². The molecule has 1 fully saturated rings. The lowest BCUT2D eigenvalue weighted by molar-refractivity contribution is 0.274. The van der Waals surface area contributed by atoms with Gasteiger partial charge in [-0.15, -0.1) is 0 Å². The van der Waals surface area contributed by atoms with E-state index >= 15 is 0 Å². The van der Waals surface area contributed by atoms with Gasteiger partial charge in [-0.1, -0.05) is 20.3 Å². The van der Waals surface area contributed by atoms with Crippen LogP contribution in [0.2, 0.25) is 0 Å². The summed E-state index contributed by atoms with van der Waals surface area (Å²) in [5, 5.41) is 12.1. The smallest absolute Gasteiger partial charge is 0.0638 e. The van der Waals surface area contributed by atoms with Crippen LogP contribution in [0.3, 0.4) is 0 Å². The summed E-state index contributed by atoms with van der Waals surface area (Å²) in [6.07, 6.45) is 4.80. The van der Waals surface area contributed by atoms with Crippen LogP contribution >= 0.6 is 0 Å². The zero-order valence-electron chi connectivity index (χ0n) is 8.71. The number of hydrogen-bond donors (Lipinski definition) is 1. The van der Waals surface area contributed by atoms with Gasteiger partial charge < -0.3 is 5.32 Å². The van der Waals surface area contributed by atoms with Gasteiger partial charge in [-0.05, 0) is 31.2 Å². The summed E-state index contributed by atoms with van der Waals surface area (Å²) in [5.41, 5.74) is 0. The van der Waals surface area contributed by atoms with E-state index in [1.165, 1.54) is 19.3 Å². The second kappa shape index (κ2) is 5.24. The zero-order valence-corrected chi connectivity index (χ0v) is 8.71. The predicted octanol–water partition coefficient (Wildman–Crippen LogP) is 2.31. The molecular formula is C11H20N2. The van der Waals surface area contributed by atoms with Gasteiger partial charge in [0.2, 0.25) is 0 Å². The molecule has 0 aromatic carbocycles. The van der Waals surface area contributed by atoms with E-state index in [9.17, 15) is 0 Å². The summed E-state index contributed by atoms with van der Waals surface area (Å²) in [6.45, 7) is 5.47. The minimum absolute atomic E-state index is 0.394. The van der Waals surface area contributed by atoms with Crippen molar-refractivity contribution in [3.05, 3.63) is 0 Å². The van der Waals surface area contributed by atoms with Gasteiger partial charge in [0.1, 0.15) is 0 Å². The summed E-state index contributed by atoms with van der Waals surface area (Å²) in [6, 6.07) is 2.64. The molecule has 0 spiro atoms. The van der Waals surface area contributed by atoms with Crippen molar-refractivity contribution in [2.24, 2.45) is 11.8 Å². The van der Waals surface area contributed by atoms with Crippen molar-refractivity contribution in [1.82, 2.24) is 5.32 Å². The fourth-order valence-electron chi connectivity index (χ4n) is 1.66. The second-order valence-electron chi connectivity index (χ2n) is 4.42. The fraction of sp³-hybridized carbons (Fsp3) is 0.909. The first-order chi connectivity index (χ1) is 6.24. The molecule has 0 saturated heterocycles. The highest BCUT2D eigenvalue weighted by Crippen LogP contribution is 2.25. The van der Waals surface area contributed by atoms with Crippen molar-refractivity contribution >= 4 is 0 Å². The van der Waals surface area contributed by atoms with Crippen molar-refractivity contribution < 1.29 is 0 Å². The average molecular weight is 180 g/mol. The molecule has 0 bridgehead atoms. The first-order valence-electron chi connectivity index (χ1n) is 5.34. The molecule has 2 nitrogen and oxygen atoms in total. The quantitative estimate of drug-likeness (QED) is 0.704.